The minimum Gasteiger partial charge on any atom is -0.335 e. The SMILES string of the molecule is CCc1nc(C)c(C)n1C. The molecule has 0 aliphatic heterocycles. The number of hydrogen-bond donors (Lipinski definition) is 0. The number of hydrogen-bond acceptors (Lipinski definition) is 1. The van der Waals surface area contributed by atoms with Gasteiger partial charge in [0.15, 0.2) is 0 Å². The molecule has 1 aromatic heterocycles. The molecule has 1 heterocycles. The standard InChI is InChI=1S/C8H14N2/c1-5-8-9-6(2)7(3)10(8)4/h5H2,1-4H3. The van der Waals surface area contributed by atoms with Crippen molar-refractivity contribution >= 4 is 0 Å². The second kappa shape index (κ2) is 2.45. The molecule has 0 bridgehead atoms. The number of rotatable bonds is 1. The number of imidazole rings is 1. The van der Waals surface area contributed by atoms with E-state index >= 15 is 0 Å². The second-order valence-corrected chi connectivity index (χ2v) is 2.61. The topological polar surface area (TPSA) is 17.8 Å². The van der Waals surface area contributed by atoms with Gasteiger partial charge in [-0.05, 0) is 13.8 Å². The maximum atomic E-state index is 4.39. The van der Waals surface area contributed by atoms with Gasteiger partial charge in [0.2, 0.25) is 0 Å². The molecule has 0 fully saturated rings. The summed E-state index contributed by atoms with van der Waals surface area (Å²) >= 11 is 0. The van der Waals surface area contributed by atoms with Crippen LogP contribution in [0.2, 0.25) is 0 Å². The molecule has 0 radical (unpaired) electrons. The van der Waals surface area contributed by atoms with Crippen LogP contribution in [0.15, 0.2) is 0 Å². The van der Waals surface area contributed by atoms with Crippen LogP contribution in [0.3, 0.4) is 0 Å². The lowest BCUT2D eigenvalue weighted by atomic mass is 10.4. The fourth-order valence-electron chi connectivity index (χ4n) is 1.10. The minimum atomic E-state index is 1.02. The number of aromatic nitrogens is 2. The molecule has 10 heavy (non-hydrogen) atoms. The van der Waals surface area contributed by atoms with E-state index in [0.29, 0.717) is 0 Å². The first kappa shape index (κ1) is 7.32. The summed E-state index contributed by atoms with van der Waals surface area (Å²) < 4.78 is 2.15. The summed E-state index contributed by atoms with van der Waals surface area (Å²) in [6.07, 6.45) is 1.02. The van der Waals surface area contributed by atoms with Gasteiger partial charge in [-0.15, -0.1) is 0 Å². The van der Waals surface area contributed by atoms with Crippen LogP contribution in [0, 0.1) is 13.8 Å². The third-order valence-electron chi connectivity index (χ3n) is 2.03. The summed E-state index contributed by atoms with van der Waals surface area (Å²) in [5.74, 6) is 1.18. The van der Waals surface area contributed by atoms with Gasteiger partial charge < -0.3 is 4.57 Å². The van der Waals surface area contributed by atoms with Gasteiger partial charge in [-0.1, -0.05) is 6.92 Å². The Morgan fingerprint density at radius 2 is 2.00 bits per heavy atom. The minimum absolute atomic E-state index is 1.02. The molecule has 0 aromatic carbocycles. The smallest absolute Gasteiger partial charge is 0.108 e. The molecule has 1 aromatic rings. The van der Waals surface area contributed by atoms with E-state index in [4.69, 9.17) is 0 Å². The lowest BCUT2D eigenvalue weighted by Gasteiger charge is -1.97. The fraction of sp³-hybridized carbons (Fsp3) is 0.625. The van der Waals surface area contributed by atoms with Crippen molar-refractivity contribution in [3.63, 3.8) is 0 Å². The molecule has 0 spiro atoms. The Balaban J connectivity index is 3.17. The van der Waals surface area contributed by atoms with E-state index in [1.165, 1.54) is 11.5 Å². The van der Waals surface area contributed by atoms with Crippen molar-refractivity contribution in [1.29, 1.82) is 0 Å². The van der Waals surface area contributed by atoms with E-state index in [-0.39, 0.29) is 0 Å². The van der Waals surface area contributed by atoms with Crippen LogP contribution < -0.4 is 0 Å². The molecule has 56 valence electrons. The van der Waals surface area contributed by atoms with Crippen LogP contribution in [0.25, 0.3) is 0 Å². The molecule has 0 N–H and O–H groups in total. The lowest BCUT2D eigenvalue weighted by Crippen LogP contribution is -1.96. The highest BCUT2D eigenvalue weighted by molar-refractivity contribution is 5.13. The van der Waals surface area contributed by atoms with Gasteiger partial charge in [0.1, 0.15) is 5.82 Å². The fourth-order valence-corrected chi connectivity index (χ4v) is 1.10. The Morgan fingerprint density at radius 1 is 1.40 bits per heavy atom. The van der Waals surface area contributed by atoms with Crippen molar-refractivity contribution in [2.45, 2.75) is 27.2 Å². The van der Waals surface area contributed by atoms with Gasteiger partial charge >= 0.3 is 0 Å². The summed E-state index contributed by atoms with van der Waals surface area (Å²) in [6, 6.07) is 0. The molecule has 0 saturated heterocycles. The molecular formula is C8H14N2. The Morgan fingerprint density at radius 3 is 2.20 bits per heavy atom. The van der Waals surface area contributed by atoms with Crippen molar-refractivity contribution in [1.82, 2.24) is 9.55 Å². The quantitative estimate of drug-likeness (QED) is 0.576. The summed E-state index contributed by atoms with van der Waals surface area (Å²) in [7, 11) is 2.06. The van der Waals surface area contributed by atoms with Gasteiger partial charge in [0.25, 0.3) is 0 Å². The first-order valence-electron chi connectivity index (χ1n) is 3.65. The van der Waals surface area contributed by atoms with Crippen LogP contribution in [0.5, 0.6) is 0 Å². The van der Waals surface area contributed by atoms with Gasteiger partial charge in [-0.2, -0.15) is 0 Å². The van der Waals surface area contributed by atoms with E-state index in [0.717, 1.165) is 12.1 Å². The normalized spacial score (nSPS) is 10.4. The third kappa shape index (κ3) is 0.939. The lowest BCUT2D eigenvalue weighted by molar-refractivity contribution is 0.785. The number of nitrogens with zero attached hydrogens (tertiary/aromatic N) is 2. The average Bonchev–Trinajstić information content (AvgIpc) is 2.17. The van der Waals surface area contributed by atoms with Crippen LogP contribution in [0.4, 0.5) is 0 Å². The molecule has 0 aliphatic rings. The first-order valence-corrected chi connectivity index (χ1v) is 3.65. The maximum absolute atomic E-state index is 4.39. The van der Waals surface area contributed by atoms with E-state index in [2.05, 4.69) is 37.4 Å². The van der Waals surface area contributed by atoms with Gasteiger partial charge in [0.05, 0.1) is 5.69 Å². The summed E-state index contributed by atoms with van der Waals surface area (Å²) in [5.41, 5.74) is 2.43. The van der Waals surface area contributed by atoms with Gasteiger partial charge in [-0.3, -0.25) is 0 Å². The highest BCUT2D eigenvalue weighted by atomic mass is 15.1. The Labute approximate surface area is 61.9 Å². The van der Waals surface area contributed by atoms with E-state index in [1.807, 2.05) is 0 Å². The zero-order valence-electron chi connectivity index (χ0n) is 7.10. The summed E-state index contributed by atoms with van der Waals surface area (Å²) in [6.45, 7) is 6.28. The third-order valence-corrected chi connectivity index (χ3v) is 2.03. The molecule has 0 unspecified atom stereocenters. The summed E-state index contributed by atoms with van der Waals surface area (Å²) in [4.78, 5) is 4.39. The van der Waals surface area contributed by atoms with Crippen molar-refractivity contribution in [3.8, 4) is 0 Å². The highest BCUT2D eigenvalue weighted by Crippen LogP contribution is 2.07. The molecule has 2 heteroatoms. The molecule has 0 saturated carbocycles. The molecule has 2 nitrogen and oxygen atoms in total. The van der Waals surface area contributed by atoms with Crippen molar-refractivity contribution in [2.75, 3.05) is 0 Å². The zero-order valence-corrected chi connectivity index (χ0v) is 7.10. The van der Waals surface area contributed by atoms with Crippen molar-refractivity contribution in [2.24, 2.45) is 7.05 Å². The maximum Gasteiger partial charge on any atom is 0.108 e. The van der Waals surface area contributed by atoms with E-state index < -0.39 is 0 Å². The Hall–Kier alpha value is -0.790. The largest absolute Gasteiger partial charge is 0.335 e. The highest BCUT2D eigenvalue weighted by Gasteiger charge is 2.03. The monoisotopic (exact) mass is 138 g/mol. The predicted molar refractivity (Wildman–Crippen MR) is 42.1 cm³/mol. The molecule has 0 atom stereocenters. The summed E-state index contributed by atoms with van der Waals surface area (Å²) in [5, 5.41) is 0. The zero-order chi connectivity index (χ0) is 7.72. The molecule has 1 rings (SSSR count). The van der Waals surface area contributed by atoms with Crippen LogP contribution in [0.1, 0.15) is 24.1 Å². The Bertz CT molecular complexity index is 236. The Kier molecular flexibility index (Phi) is 1.79. The molecular weight excluding hydrogens is 124 g/mol. The first-order chi connectivity index (χ1) is 4.66. The van der Waals surface area contributed by atoms with E-state index in [1.54, 1.807) is 0 Å². The van der Waals surface area contributed by atoms with Gasteiger partial charge in [-0.25, -0.2) is 4.98 Å². The number of aryl methyl sites for hydroxylation is 2. The second-order valence-electron chi connectivity index (χ2n) is 2.61. The molecule has 0 amide bonds. The van der Waals surface area contributed by atoms with Crippen molar-refractivity contribution in [3.05, 3.63) is 17.2 Å². The average molecular weight is 138 g/mol. The van der Waals surface area contributed by atoms with Crippen LogP contribution in [-0.2, 0) is 13.5 Å². The van der Waals surface area contributed by atoms with Gasteiger partial charge in [0, 0.05) is 19.2 Å². The van der Waals surface area contributed by atoms with Crippen LogP contribution >= 0.6 is 0 Å². The van der Waals surface area contributed by atoms with Crippen LogP contribution in [-0.4, -0.2) is 9.55 Å². The van der Waals surface area contributed by atoms with E-state index in [9.17, 15) is 0 Å². The molecule has 0 aliphatic carbocycles. The van der Waals surface area contributed by atoms with Crippen molar-refractivity contribution < 1.29 is 0 Å². The predicted octanol–water partition coefficient (Wildman–Crippen LogP) is 1.60.